The van der Waals surface area contributed by atoms with E-state index in [1.165, 1.54) is 9.88 Å². The third kappa shape index (κ3) is 3.37. The Morgan fingerprint density at radius 3 is 2.67 bits per heavy atom. The molecule has 0 unspecified atom stereocenters. The first-order chi connectivity index (χ1) is 11.6. The van der Waals surface area contributed by atoms with Gasteiger partial charge in [0.05, 0.1) is 22.9 Å². The molecule has 0 saturated carbocycles. The number of hydrogen-bond acceptors (Lipinski definition) is 6. The largest absolute Gasteiger partial charge is 0.291 e. The zero-order chi connectivity index (χ0) is 17.1. The molecule has 0 fully saturated rings. The van der Waals surface area contributed by atoms with Crippen LogP contribution in [0.2, 0.25) is 0 Å². The highest BCUT2D eigenvalue weighted by atomic mass is 32.1. The van der Waals surface area contributed by atoms with Crippen LogP contribution in [0.5, 0.6) is 0 Å². The molecule has 6 nitrogen and oxygen atoms in total. The average Bonchev–Trinajstić information content (AvgIpc) is 3.21. The van der Waals surface area contributed by atoms with Crippen molar-refractivity contribution in [2.75, 3.05) is 7.05 Å². The van der Waals surface area contributed by atoms with Gasteiger partial charge in [0.1, 0.15) is 0 Å². The monoisotopic (exact) mass is 342 g/mol. The molecular formula is C17H22N6S. The van der Waals surface area contributed by atoms with Crippen molar-refractivity contribution in [3.63, 3.8) is 0 Å². The standard InChI is InChI=1S/C17H22N6S/c1-5-16-18-12(2)17(24-16)13(3)22(4)11-15-19-20-21-23(15)14-9-7-6-8-10-14/h6-10,13H,5,11H2,1-4H3/t13-/m1/s1. The summed E-state index contributed by atoms with van der Waals surface area (Å²) < 4.78 is 1.79. The smallest absolute Gasteiger partial charge is 0.170 e. The number of hydrogen-bond donors (Lipinski definition) is 0. The van der Waals surface area contributed by atoms with Gasteiger partial charge in [0.15, 0.2) is 5.82 Å². The van der Waals surface area contributed by atoms with Gasteiger partial charge in [-0.1, -0.05) is 25.1 Å². The van der Waals surface area contributed by atoms with Crippen LogP contribution in [0.4, 0.5) is 0 Å². The minimum absolute atomic E-state index is 0.267. The molecular weight excluding hydrogens is 320 g/mol. The van der Waals surface area contributed by atoms with Crippen LogP contribution in [0.25, 0.3) is 5.69 Å². The summed E-state index contributed by atoms with van der Waals surface area (Å²) in [4.78, 5) is 8.21. The van der Waals surface area contributed by atoms with Gasteiger partial charge >= 0.3 is 0 Å². The Morgan fingerprint density at radius 1 is 1.25 bits per heavy atom. The number of nitrogens with zero attached hydrogens (tertiary/aromatic N) is 6. The minimum atomic E-state index is 0.267. The van der Waals surface area contributed by atoms with Crippen molar-refractivity contribution >= 4 is 11.3 Å². The van der Waals surface area contributed by atoms with Crippen LogP contribution >= 0.6 is 11.3 Å². The van der Waals surface area contributed by atoms with Gasteiger partial charge in [-0.2, -0.15) is 4.68 Å². The molecule has 1 atom stereocenters. The fraction of sp³-hybridized carbons (Fsp3) is 0.412. The molecule has 0 aliphatic heterocycles. The van der Waals surface area contributed by atoms with Gasteiger partial charge in [-0.25, -0.2) is 4.98 Å². The lowest BCUT2D eigenvalue weighted by molar-refractivity contribution is 0.247. The van der Waals surface area contributed by atoms with Crippen LogP contribution in [-0.2, 0) is 13.0 Å². The number of aromatic nitrogens is 5. The number of rotatable bonds is 6. The maximum atomic E-state index is 4.64. The molecule has 0 bridgehead atoms. The lowest BCUT2D eigenvalue weighted by Gasteiger charge is -2.23. The summed E-state index contributed by atoms with van der Waals surface area (Å²) in [7, 11) is 2.10. The van der Waals surface area contributed by atoms with Crippen molar-refractivity contribution in [1.82, 2.24) is 30.1 Å². The molecule has 0 radical (unpaired) electrons. The maximum Gasteiger partial charge on any atom is 0.170 e. The van der Waals surface area contributed by atoms with E-state index in [-0.39, 0.29) is 6.04 Å². The van der Waals surface area contributed by atoms with Crippen molar-refractivity contribution < 1.29 is 0 Å². The molecule has 126 valence electrons. The number of tetrazole rings is 1. The first-order valence-electron chi connectivity index (χ1n) is 8.09. The predicted molar refractivity (Wildman–Crippen MR) is 95.3 cm³/mol. The van der Waals surface area contributed by atoms with Crippen molar-refractivity contribution in [1.29, 1.82) is 0 Å². The summed E-state index contributed by atoms with van der Waals surface area (Å²) in [6.07, 6.45) is 0.980. The number of benzene rings is 1. The van der Waals surface area contributed by atoms with E-state index in [9.17, 15) is 0 Å². The van der Waals surface area contributed by atoms with Crippen molar-refractivity contribution in [2.24, 2.45) is 0 Å². The van der Waals surface area contributed by atoms with E-state index in [0.717, 1.165) is 23.6 Å². The number of thiazole rings is 1. The fourth-order valence-electron chi connectivity index (χ4n) is 2.64. The van der Waals surface area contributed by atoms with Crippen LogP contribution in [0.1, 0.15) is 41.3 Å². The summed E-state index contributed by atoms with van der Waals surface area (Å²) in [5.74, 6) is 0.827. The lowest BCUT2D eigenvalue weighted by atomic mass is 10.2. The van der Waals surface area contributed by atoms with Crippen molar-refractivity contribution in [3.05, 3.63) is 51.7 Å². The first kappa shape index (κ1) is 16.7. The Balaban J connectivity index is 1.79. The highest BCUT2D eigenvalue weighted by Crippen LogP contribution is 2.29. The van der Waals surface area contributed by atoms with Gasteiger partial charge in [0, 0.05) is 10.9 Å². The Kier molecular flexibility index (Phi) is 5.01. The molecule has 3 aromatic rings. The molecule has 0 aliphatic carbocycles. The molecule has 0 aliphatic rings. The van der Waals surface area contributed by atoms with Crippen molar-refractivity contribution in [2.45, 2.75) is 39.8 Å². The Labute approximate surface area is 146 Å². The van der Waals surface area contributed by atoms with Crippen LogP contribution in [0.15, 0.2) is 30.3 Å². The molecule has 24 heavy (non-hydrogen) atoms. The fourth-order valence-corrected chi connectivity index (χ4v) is 3.76. The van der Waals surface area contributed by atoms with Crippen LogP contribution < -0.4 is 0 Å². The van der Waals surface area contributed by atoms with E-state index in [4.69, 9.17) is 0 Å². The molecule has 2 heterocycles. The zero-order valence-corrected chi connectivity index (χ0v) is 15.3. The summed E-state index contributed by atoms with van der Waals surface area (Å²) in [5.41, 5.74) is 2.10. The quantitative estimate of drug-likeness (QED) is 0.688. The molecule has 0 N–H and O–H groups in total. The van der Waals surface area contributed by atoms with Gasteiger partial charge in [0.25, 0.3) is 0 Å². The van der Waals surface area contributed by atoms with E-state index < -0.39 is 0 Å². The summed E-state index contributed by atoms with van der Waals surface area (Å²) in [5, 5.41) is 13.4. The molecule has 3 rings (SSSR count). The van der Waals surface area contributed by atoms with Crippen LogP contribution in [-0.4, -0.2) is 37.1 Å². The molecule has 0 amide bonds. The van der Waals surface area contributed by atoms with E-state index in [1.54, 1.807) is 16.0 Å². The summed E-state index contributed by atoms with van der Waals surface area (Å²) in [6.45, 7) is 7.10. The molecule has 0 spiro atoms. The second kappa shape index (κ2) is 7.19. The molecule has 0 saturated heterocycles. The van der Waals surface area contributed by atoms with Crippen LogP contribution in [0, 0.1) is 6.92 Å². The zero-order valence-electron chi connectivity index (χ0n) is 14.5. The van der Waals surface area contributed by atoms with Gasteiger partial charge in [-0.05, 0) is 49.9 Å². The highest BCUT2D eigenvalue weighted by Gasteiger charge is 2.20. The Hall–Kier alpha value is -2.12. The van der Waals surface area contributed by atoms with Gasteiger partial charge < -0.3 is 0 Å². The number of para-hydroxylation sites is 1. The third-order valence-electron chi connectivity index (χ3n) is 4.15. The van der Waals surface area contributed by atoms with E-state index in [0.29, 0.717) is 6.54 Å². The predicted octanol–water partition coefficient (Wildman–Crippen LogP) is 3.18. The Morgan fingerprint density at radius 2 is 2.00 bits per heavy atom. The second-order valence-electron chi connectivity index (χ2n) is 5.84. The lowest BCUT2D eigenvalue weighted by Crippen LogP contribution is -2.24. The Bertz CT molecular complexity index is 795. The van der Waals surface area contributed by atoms with E-state index in [2.05, 4.69) is 53.2 Å². The topological polar surface area (TPSA) is 59.7 Å². The SMILES string of the molecule is CCc1nc(C)c([C@@H](C)N(C)Cc2nnnn2-c2ccccc2)s1. The van der Waals surface area contributed by atoms with Crippen LogP contribution in [0.3, 0.4) is 0 Å². The summed E-state index contributed by atoms with van der Waals surface area (Å²) in [6, 6.07) is 10.2. The third-order valence-corrected chi connectivity index (χ3v) is 5.62. The second-order valence-corrected chi connectivity index (χ2v) is 6.96. The van der Waals surface area contributed by atoms with Crippen molar-refractivity contribution in [3.8, 4) is 5.69 Å². The molecule has 2 aromatic heterocycles. The van der Waals surface area contributed by atoms with Gasteiger partial charge in [-0.3, -0.25) is 4.90 Å². The van der Waals surface area contributed by atoms with E-state index >= 15 is 0 Å². The summed E-state index contributed by atoms with van der Waals surface area (Å²) >= 11 is 1.80. The molecule has 7 heteroatoms. The van der Waals surface area contributed by atoms with Gasteiger partial charge in [0.2, 0.25) is 0 Å². The number of aryl methyl sites for hydroxylation is 2. The molecule has 1 aromatic carbocycles. The van der Waals surface area contributed by atoms with Gasteiger partial charge in [-0.15, -0.1) is 16.4 Å². The first-order valence-corrected chi connectivity index (χ1v) is 8.91. The average molecular weight is 342 g/mol. The van der Waals surface area contributed by atoms with E-state index in [1.807, 2.05) is 30.3 Å². The maximum absolute atomic E-state index is 4.64. The minimum Gasteiger partial charge on any atom is -0.291 e. The normalized spacial score (nSPS) is 12.7. The highest BCUT2D eigenvalue weighted by molar-refractivity contribution is 7.11.